The number of para-hydroxylation sites is 1. The first kappa shape index (κ1) is 16.1. The Hall–Kier alpha value is -2.73. The Bertz CT molecular complexity index is 892. The molecule has 1 atom stereocenters. The zero-order valence-corrected chi connectivity index (χ0v) is 13.6. The van der Waals surface area contributed by atoms with Crippen LogP contribution in [0.3, 0.4) is 0 Å². The van der Waals surface area contributed by atoms with Crippen molar-refractivity contribution in [3.05, 3.63) is 65.3 Å². The fourth-order valence-corrected chi connectivity index (χ4v) is 3.12. The molecule has 0 aliphatic heterocycles. The van der Waals surface area contributed by atoms with Crippen molar-refractivity contribution in [2.45, 2.75) is 13.0 Å². The van der Waals surface area contributed by atoms with Crippen LogP contribution in [0.25, 0.3) is 10.1 Å². The summed E-state index contributed by atoms with van der Waals surface area (Å²) in [6.07, 6.45) is -0.965. The number of carbonyl (C=O) groups excluding carboxylic acids is 2. The Balaban J connectivity index is 1.68. The lowest BCUT2D eigenvalue weighted by molar-refractivity contribution is -0.123. The molecule has 0 radical (unpaired) electrons. The number of amides is 1. The lowest BCUT2D eigenvalue weighted by atomic mass is 10.2. The standard InChI is InChI=1S/C18H14FNO3S/c1-11(17(21)20-12-6-3-2-4-7-12)23-18(22)16-10-13-14(19)8-5-9-15(13)24-16/h2-11H,1H3,(H,20,21)/t11-/m0/s1. The maximum absolute atomic E-state index is 13.7. The molecule has 1 N–H and O–H groups in total. The Morgan fingerprint density at radius 2 is 1.88 bits per heavy atom. The lowest BCUT2D eigenvalue weighted by Crippen LogP contribution is -2.29. The second-order valence-corrected chi connectivity index (χ2v) is 6.25. The molecule has 6 heteroatoms. The molecule has 1 heterocycles. The number of nitrogens with one attached hydrogen (secondary N) is 1. The van der Waals surface area contributed by atoms with Crippen molar-refractivity contribution < 1.29 is 18.7 Å². The largest absolute Gasteiger partial charge is 0.448 e. The molecule has 0 saturated heterocycles. The van der Waals surface area contributed by atoms with Crippen LogP contribution in [0, 0.1) is 5.82 Å². The van der Waals surface area contributed by atoms with Crippen LogP contribution in [0.15, 0.2) is 54.6 Å². The Labute approximate surface area is 141 Å². The second-order valence-electron chi connectivity index (χ2n) is 5.17. The maximum atomic E-state index is 13.7. The van der Waals surface area contributed by atoms with Gasteiger partial charge in [-0.3, -0.25) is 4.79 Å². The number of anilines is 1. The van der Waals surface area contributed by atoms with Crippen molar-refractivity contribution in [1.82, 2.24) is 0 Å². The first-order chi connectivity index (χ1) is 11.5. The van der Waals surface area contributed by atoms with Gasteiger partial charge < -0.3 is 10.1 Å². The third-order valence-corrected chi connectivity index (χ3v) is 4.48. The van der Waals surface area contributed by atoms with Crippen LogP contribution < -0.4 is 5.32 Å². The van der Waals surface area contributed by atoms with Crippen molar-refractivity contribution in [3.63, 3.8) is 0 Å². The number of fused-ring (bicyclic) bond motifs is 1. The second kappa shape index (κ2) is 6.80. The van der Waals surface area contributed by atoms with Gasteiger partial charge in [-0.25, -0.2) is 9.18 Å². The number of halogens is 1. The highest BCUT2D eigenvalue weighted by Gasteiger charge is 2.21. The minimum atomic E-state index is -0.965. The highest BCUT2D eigenvalue weighted by molar-refractivity contribution is 7.20. The van der Waals surface area contributed by atoms with E-state index in [0.29, 0.717) is 15.8 Å². The maximum Gasteiger partial charge on any atom is 0.349 e. The third-order valence-electron chi connectivity index (χ3n) is 3.40. The molecule has 0 saturated carbocycles. The summed E-state index contributed by atoms with van der Waals surface area (Å²) in [5, 5.41) is 3.03. The van der Waals surface area contributed by atoms with E-state index in [-0.39, 0.29) is 4.88 Å². The molecule has 1 amide bonds. The Morgan fingerprint density at radius 3 is 2.58 bits per heavy atom. The molecule has 0 spiro atoms. The lowest BCUT2D eigenvalue weighted by Gasteiger charge is -2.12. The molecule has 0 fully saturated rings. The molecule has 0 aliphatic rings. The van der Waals surface area contributed by atoms with Crippen LogP contribution >= 0.6 is 11.3 Å². The summed E-state index contributed by atoms with van der Waals surface area (Å²) in [5.41, 5.74) is 0.620. The molecule has 0 aliphatic carbocycles. The zero-order valence-electron chi connectivity index (χ0n) is 12.8. The number of rotatable bonds is 4. The van der Waals surface area contributed by atoms with Crippen LogP contribution in [0.4, 0.5) is 10.1 Å². The minimum absolute atomic E-state index is 0.259. The summed E-state index contributed by atoms with van der Waals surface area (Å²) in [4.78, 5) is 24.5. The van der Waals surface area contributed by atoms with Crippen molar-refractivity contribution in [3.8, 4) is 0 Å². The van der Waals surface area contributed by atoms with Crippen LogP contribution in [0.2, 0.25) is 0 Å². The molecule has 0 bridgehead atoms. The number of benzene rings is 2. The molecular formula is C18H14FNO3S. The third kappa shape index (κ3) is 3.44. The van der Waals surface area contributed by atoms with E-state index in [9.17, 15) is 14.0 Å². The SMILES string of the molecule is C[C@H](OC(=O)c1cc2c(F)cccc2s1)C(=O)Nc1ccccc1. The molecule has 3 aromatic rings. The number of ether oxygens (including phenoxy) is 1. The topological polar surface area (TPSA) is 55.4 Å². The average molecular weight is 343 g/mol. The van der Waals surface area contributed by atoms with Gasteiger partial charge in [-0.15, -0.1) is 11.3 Å². The summed E-state index contributed by atoms with van der Waals surface area (Å²) in [6.45, 7) is 1.49. The van der Waals surface area contributed by atoms with Crippen LogP contribution in [-0.2, 0) is 9.53 Å². The number of thiophene rings is 1. The van der Waals surface area contributed by atoms with Gasteiger partial charge in [-0.2, -0.15) is 0 Å². The zero-order chi connectivity index (χ0) is 17.1. The van der Waals surface area contributed by atoms with Crippen LogP contribution in [0.1, 0.15) is 16.6 Å². The van der Waals surface area contributed by atoms with E-state index in [2.05, 4.69) is 5.32 Å². The van der Waals surface area contributed by atoms with E-state index < -0.39 is 23.8 Å². The number of esters is 1. The summed E-state index contributed by atoms with van der Waals surface area (Å²) in [7, 11) is 0. The molecule has 3 rings (SSSR count). The highest BCUT2D eigenvalue weighted by Crippen LogP contribution is 2.28. The van der Waals surface area contributed by atoms with Gasteiger partial charge in [0, 0.05) is 15.8 Å². The molecule has 1 aromatic heterocycles. The first-order valence-electron chi connectivity index (χ1n) is 7.29. The smallest absolute Gasteiger partial charge is 0.349 e. The molecular weight excluding hydrogens is 329 g/mol. The molecule has 0 unspecified atom stereocenters. The summed E-state index contributed by atoms with van der Waals surface area (Å²) in [5.74, 6) is -1.47. The Morgan fingerprint density at radius 1 is 1.12 bits per heavy atom. The van der Waals surface area contributed by atoms with Gasteiger partial charge >= 0.3 is 5.97 Å². The highest BCUT2D eigenvalue weighted by atomic mass is 32.1. The Kier molecular flexibility index (Phi) is 4.57. The van der Waals surface area contributed by atoms with E-state index in [4.69, 9.17) is 4.74 Å². The van der Waals surface area contributed by atoms with Crippen molar-refractivity contribution in [1.29, 1.82) is 0 Å². The number of carbonyl (C=O) groups is 2. The van der Waals surface area contributed by atoms with Gasteiger partial charge in [0.05, 0.1) is 0 Å². The van der Waals surface area contributed by atoms with Crippen molar-refractivity contribution >= 4 is 39.0 Å². The predicted octanol–water partition coefficient (Wildman–Crippen LogP) is 4.22. The first-order valence-corrected chi connectivity index (χ1v) is 8.11. The molecule has 2 aromatic carbocycles. The fraction of sp³-hybridized carbons (Fsp3) is 0.111. The van der Waals surface area contributed by atoms with E-state index >= 15 is 0 Å². The average Bonchev–Trinajstić information content (AvgIpc) is 3.01. The normalized spacial score (nSPS) is 11.9. The number of hydrogen-bond acceptors (Lipinski definition) is 4. The van der Waals surface area contributed by atoms with Gasteiger partial charge in [0.1, 0.15) is 10.7 Å². The van der Waals surface area contributed by atoms with Crippen molar-refractivity contribution in [2.75, 3.05) is 5.32 Å². The quantitative estimate of drug-likeness (QED) is 0.722. The molecule has 122 valence electrons. The predicted molar refractivity (Wildman–Crippen MR) is 91.7 cm³/mol. The fourth-order valence-electron chi connectivity index (χ4n) is 2.16. The van der Waals surface area contributed by atoms with Gasteiger partial charge in [-0.05, 0) is 37.3 Å². The summed E-state index contributed by atoms with van der Waals surface area (Å²) < 4.78 is 19.5. The van der Waals surface area contributed by atoms with Gasteiger partial charge in [0.15, 0.2) is 6.10 Å². The van der Waals surface area contributed by atoms with E-state index in [0.717, 1.165) is 11.3 Å². The monoisotopic (exact) mass is 343 g/mol. The van der Waals surface area contributed by atoms with E-state index in [1.165, 1.54) is 19.1 Å². The molecule has 4 nitrogen and oxygen atoms in total. The van der Waals surface area contributed by atoms with Gasteiger partial charge in [-0.1, -0.05) is 24.3 Å². The minimum Gasteiger partial charge on any atom is -0.448 e. The van der Waals surface area contributed by atoms with Gasteiger partial charge in [0.25, 0.3) is 5.91 Å². The van der Waals surface area contributed by atoms with Crippen molar-refractivity contribution in [2.24, 2.45) is 0 Å². The summed E-state index contributed by atoms with van der Waals surface area (Å²) in [6, 6.07) is 15.0. The molecule has 24 heavy (non-hydrogen) atoms. The van der Waals surface area contributed by atoms with Gasteiger partial charge in [0.2, 0.25) is 0 Å². The van der Waals surface area contributed by atoms with E-state index in [1.807, 2.05) is 6.07 Å². The van der Waals surface area contributed by atoms with Crippen LogP contribution in [0.5, 0.6) is 0 Å². The van der Waals surface area contributed by atoms with Crippen LogP contribution in [-0.4, -0.2) is 18.0 Å². The van der Waals surface area contributed by atoms with E-state index in [1.54, 1.807) is 36.4 Å². The summed E-state index contributed by atoms with van der Waals surface area (Å²) >= 11 is 1.13. The number of hydrogen-bond donors (Lipinski definition) is 1.